The van der Waals surface area contributed by atoms with Gasteiger partial charge in [-0.05, 0) is 50.6 Å². The van der Waals surface area contributed by atoms with Crippen LogP contribution in [0.1, 0.15) is 34.8 Å². The minimum absolute atomic E-state index is 0.0104. The second-order valence-electron chi connectivity index (χ2n) is 11.6. The molecule has 208 valence electrons. The molecule has 2 aliphatic rings. The number of pyridine rings is 1. The number of para-hydroxylation sites is 1. The van der Waals surface area contributed by atoms with Crippen LogP contribution in [0.5, 0.6) is 5.88 Å². The second kappa shape index (κ2) is 9.46. The SMILES string of the molecule is Cc1nc(-c2ncccn2)sc1C(=O)N1CC2C(C1)C2Oc1cc(C(C)(C)N)cc(-c2cc3ccccc3n2C)n1. The maximum atomic E-state index is 13.4. The van der Waals surface area contributed by atoms with E-state index in [-0.39, 0.29) is 23.8 Å². The first kappa shape index (κ1) is 25.8. The summed E-state index contributed by atoms with van der Waals surface area (Å²) in [7, 11) is 2.05. The molecular formula is C31H31N7O2S. The van der Waals surface area contributed by atoms with Crippen molar-refractivity contribution in [3.63, 3.8) is 0 Å². The lowest BCUT2D eigenvalue weighted by atomic mass is 9.95. The van der Waals surface area contributed by atoms with Crippen LogP contribution in [0.15, 0.2) is 60.9 Å². The molecule has 7 rings (SSSR count). The van der Waals surface area contributed by atoms with Crippen LogP contribution in [-0.2, 0) is 12.6 Å². The first-order valence-electron chi connectivity index (χ1n) is 13.7. The van der Waals surface area contributed by atoms with Gasteiger partial charge >= 0.3 is 0 Å². The Bertz CT molecular complexity index is 1780. The van der Waals surface area contributed by atoms with Crippen LogP contribution in [0, 0.1) is 18.8 Å². The molecule has 1 saturated heterocycles. The van der Waals surface area contributed by atoms with Crippen LogP contribution in [0.4, 0.5) is 0 Å². The van der Waals surface area contributed by atoms with Crippen molar-refractivity contribution in [2.24, 2.45) is 24.6 Å². The number of piperidine rings is 1. The van der Waals surface area contributed by atoms with Crippen molar-refractivity contribution in [1.82, 2.24) is 29.4 Å². The lowest BCUT2D eigenvalue weighted by Gasteiger charge is -2.22. The Balaban J connectivity index is 1.09. The van der Waals surface area contributed by atoms with Gasteiger partial charge in [-0.3, -0.25) is 4.79 Å². The standard InChI is InChI=1S/C31H31N7O2S/c1-17-27(41-29(35-17)28-33-10-7-11-34-28)30(39)38-15-20-21(16-38)26(20)40-25-14-19(31(2,3)32)13-22(36-25)24-12-18-8-5-6-9-23(18)37(24)4/h5-14,20-21,26H,15-16,32H2,1-4H3. The zero-order valence-electron chi connectivity index (χ0n) is 23.4. The number of ether oxygens (including phenoxy) is 1. The zero-order valence-corrected chi connectivity index (χ0v) is 24.2. The molecule has 0 bridgehead atoms. The van der Waals surface area contributed by atoms with E-state index in [1.54, 1.807) is 18.5 Å². The topological polar surface area (TPSA) is 112 Å². The summed E-state index contributed by atoms with van der Waals surface area (Å²) in [5, 5.41) is 1.82. The van der Waals surface area contributed by atoms with Gasteiger partial charge in [-0.2, -0.15) is 0 Å². The Morgan fingerprint density at radius 2 is 1.78 bits per heavy atom. The number of nitrogens with zero attached hydrogens (tertiary/aromatic N) is 6. The molecule has 2 N–H and O–H groups in total. The normalized spacial score (nSPS) is 19.9. The van der Waals surface area contributed by atoms with E-state index in [0.29, 0.717) is 40.4 Å². The number of fused-ring (bicyclic) bond motifs is 2. The average Bonchev–Trinajstić information content (AvgIpc) is 3.33. The summed E-state index contributed by atoms with van der Waals surface area (Å²) in [6.45, 7) is 7.15. The van der Waals surface area contributed by atoms with Crippen LogP contribution < -0.4 is 10.5 Å². The van der Waals surface area contributed by atoms with Gasteiger partial charge in [0.15, 0.2) is 10.8 Å². The first-order valence-corrected chi connectivity index (χ1v) is 14.6. The van der Waals surface area contributed by atoms with Crippen molar-refractivity contribution in [3.8, 4) is 28.1 Å². The van der Waals surface area contributed by atoms with Crippen molar-refractivity contribution in [1.29, 1.82) is 0 Å². The highest BCUT2D eigenvalue weighted by molar-refractivity contribution is 7.17. The average molecular weight is 566 g/mol. The molecule has 1 aliphatic heterocycles. The number of thiazole rings is 1. The molecule has 1 aliphatic carbocycles. The number of likely N-dealkylation sites (tertiary alicyclic amines) is 1. The molecule has 5 heterocycles. The highest BCUT2D eigenvalue weighted by Gasteiger charge is 2.59. The third-order valence-electron chi connectivity index (χ3n) is 8.17. The number of nitrogens with two attached hydrogens (primary N) is 1. The van der Waals surface area contributed by atoms with E-state index in [1.165, 1.54) is 11.3 Å². The highest BCUT2D eigenvalue weighted by atomic mass is 32.1. The maximum absolute atomic E-state index is 13.4. The molecule has 2 unspecified atom stereocenters. The van der Waals surface area contributed by atoms with E-state index in [1.807, 2.05) is 43.9 Å². The molecule has 0 spiro atoms. The van der Waals surface area contributed by atoms with Crippen molar-refractivity contribution in [3.05, 3.63) is 77.1 Å². The Morgan fingerprint density at radius 1 is 1.05 bits per heavy atom. The van der Waals surface area contributed by atoms with Gasteiger partial charge in [0.05, 0.1) is 17.1 Å². The predicted octanol–water partition coefficient (Wildman–Crippen LogP) is 4.81. The number of aryl methyl sites for hydroxylation is 2. The van der Waals surface area contributed by atoms with Crippen molar-refractivity contribution < 1.29 is 9.53 Å². The quantitative estimate of drug-likeness (QED) is 0.315. The third kappa shape index (κ3) is 4.57. The minimum atomic E-state index is -0.556. The lowest BCUT2D eigenvalue weighted by Crippen LogP contribution is -2.33. The van der Waals surface area contributed by atoms with Gasteiger partial charge in [0.1, 0.15) is 11.0 Å². The van der Waals surface area contributed by atoms with E-state index in [4.69, 9.17) is 15.5 Å². The fourth-order valence-corrected chi connectivity index (χ4v) is 6.78. The summed E-state index contributed by atoms with van der Waals surface area (Å²) in [5.74, 6) is 1.68. The minimum Gasteiger partial charge on any atom is -0.474 e. The third-order valence-corrected chi connectivity index (χ3v) is 9.31. The molecule has 9 nitrogen and oxygen atoms in total. The van der Waals surface area contributed by atoms with Gasteiger partial charge in [0.2, 0.25) is 5.88 Å². The predicted molar refractivity (Wildman–Crippen MR) is 159 cm³/mol. The Morgan fingerprint density at radius 3 is 2.49 bits per heavy atom. The van der Waals surface area contributed by atoms with Crippen LogP contribution in [0.25, 0.3) is 33.1 Å². The Hall–Kier alpha value is -4.15. The number of benzene rings is 1. The summed E-state index contributed by atoms with van der Waals surface area (Å²) in [6.07, 6.45) is 3.39. The molecule has 5 aromatic rings. The van der Waals surface area contributed by atoms with Crippen LogP contribution in [0.3, 0.4) is 0 Å². The Labute approximate surface area is 242 Å². The molecular weight excluding hydrogens is 534 g/mol. The molecule has 2 fully saturated rings. The number of aromatic nitrogens is 5. The van der Waals surface area contributed by atoms with E-state index in [9.17, 15) is 4.79 Å². The maximum Gasteiger partial charge on any atom is 0.265 e. The smallest absolute Gasteiger partial charge is 0.265 e. The van der Waals surface area contributed by atoms with Crippen LogP contribution >= 0.6 is 11.3 Å². The lowest BCUT2D eigenvalue weighted by molar-refractivity contribution is 0.0755. The summed E-state index contributed by atoms with van der Waals surface area (Å²) in [5.41, 5.74) is 10.6. The largest absolute Gasteiger partial charge is 0.474 e. The molecule has 1 aromatic carbocycles. The number of hydrogen-bond acceptors (Lipinski definition) is 8. The van der Waals surface area contributed by atoms with Gasteiger partial charge in [0.25, 0.3) is 5.91 Å². The van der Waals surface area contributed by atoms with Crippen molar-refractivity contribution >= 4 is 28.1 Å². The fourth-order valence-electron chi connectivity index (χ4n) is 5.80. The van der Waals surface area contributed by atoms with E-state index in [0.717, 1.165) is 27.9 Å². The molecule has 1 saturated carbocycles. The van der Waals surface area contributed by atoms with Gasteiger partial charge in [-0.15, -0.1) is 11.3 Å². The van der Waals surface area contributed by atoms with Gasteiger partial charge in [0, 0.05) is 66.9 Å². The van der Waals surface area contributed by atoms with Crippen LogP contribution in [-0.4, -0.2) is 54.5 Å². The molecule has 4 aromatic heterocycles. The number of carbonyl (C=O) groups is 1. The second-order valence-corrected chi connectivity index (χ2v) is 12.6. The number of hydrogen-bond donors (Lipinski definition) is 1. The van der Waals surface area contributed by atoms with Gasteiger partial charge in [-0.1, -0.05) is 18.2 Å². The summed E-state index contributed by atoms with van der Waals surface area (Å²) >= 11 is 1.35. The summed E-state index contributed by atoms with van der Waals surface area (Å²) < 4.78 is 8.64. The highest BCUT2D eigenvalue weighted by Crippen LogP contribution is 2.48. The van der Waals surface area contributed by atoms with Gasteiger partial charge in [-0.25, -0.2) is 19.9 Å². The summed E-state index contributed by atoms with van der Waals surface area (Å²) in [6, 6.07) is 16.2. The van der Waals surface area contributed by atoms with Gasteiger partial charge < -0.3 is 19.9 Å². The number of rotatable bonds is 6. The van der Waals surface area contributed by atoms with E-state index in [2.05, 4.69) is 50.8 Å². The zero-order chi connectivity index (χ0) is 28.5. The Kier molecular flexibility index (Phi) is 5.95. The molecule has 41 heavy (non-hydrogen) atoms. The summed E-state index contributed by atoms with van der Waals surface area (Å²) in [4.78, 5) is 34.0. The van der Waals surface area contributed by atoms with Crippen molar-refractivity contribution in [2.75, 3.05) is 13.1 Å². The number of carbonyl (C=O) groups excluding carboxylic acids is 1. The number of amides is 1. The fraction of sp³-hybridized carbons (Fsp3) is 0.323. The van der Waals surface area contributed by atoms with E-state index >= 15 is 0 Å². The molecule has 1 amide bonds. The molecule has 10 heteroatoms. The van der Waals surface area contributed by atoms with Crippen molar-refractivity contribution in [2.45, 2.75) is 32.4 Å². The first-order chi connectivity index (χ1) is 19.7. The van der Waals surface area contributed by atoms with E-state index < -0.39 is 5.54 Å². The monoisotopic (exact) mass is 565 g/mol. The van der Waals surface area contributed by atoms with Crippen LogP contribution in [0.2, 0.25) is 0 Å². The molecule has 0 radical (unpaired) electrons. The molecule has 2 atom stereocenters.